The maximum Gasteiger partial charge on any atom is 0.412 e. The number of hydrogen-bond acceptors (Lipinski definition) is 5. The van der Waals surface area contributed by atoms with E-state index in [0.29, 0.717) is 16.5 Å². The summed E-state index contributed by atoms with van der Waals surface area (Å²) >= 11 is 7.70. The molecule has 0 unspecified atom stereocenters. The number of nitrogens with one attached hydrogen (secondary N) is 1. The third kappa shape index (κ3) is 5.04. The molecule has 0 aliphatic rings. The number of rotatable bonds is 7. The molecule has 0 aliphatic heterocycles. The van der Waals surface area contributed by atoms with Crippen molar-refractivity contribution in [3.63, 3.8) is 0 Å². The van der Waals surface area contributed by atoms with Gasteiger partial charge in [-0.3, -0.25) is 5.32 Å². The summed E-state index contributed by atoms with van der Waals surface area (Å²) in [6.45, 7) is 1.98. The van der Waals surface area contributed by atoms with Gasteiger partial charge in [0.05, 0.1) is 10.6 Å². The molecule has 0 saturated carbocycles. The summed E-state index contributed by atoms with van der Waals surface area (Å²) in [6, 6.07) is 16.7. The van der Waals surface area contributed by atoms with Crippen LogP contribution in [-0.4, -0.2) is 20.0 Å². The first kappa shape index (κ1) is 20.2. The zero-order valence-corrected chi connectivity index (χ0v) is 17.0. The first-order valence-electron chi connectivity index (χ1n) is 8.60. The van der Waals surface area contributed by atoms with Crippen molar-refractivity contribution in [3.8, 4) is 16.2 Å². The number of thiophene rings is 1. The van der Waals surface area contributed by atoms with Gasteiger partial charge >= 0.3 is 6.09 Å². The smallest absolute Gasteiger partial charge is 0.412 e. The van der Waals surface area contributed by atoms with E-state index in [0.717, 1.165) is 16.0 Å². The zero-order chi connectivity index (χ0) is 19.9. The predicted molar refractivity (Wildman–Crippen MR) is 112 cm³/mol. The molecule has 0 aliphatic carbocycles. The maximum absolute atomic E-state index is 12.4. The Morgan fingerprint density at radius 3 is 2.61 bits per heavy atom. The molecule has 146 valence electrons. The predicted octanol–water partition coefficient (Wildman–Crippen LogP) is 6.36. The molecule has 3 rings (SSSR count). The van der Waals surface area contributed by atoms with Crippen LogP contribution in [0.25, 0.3) is 10.4 Å². The maximum atomic E-state index is 12.4. The van der Waals surface area contributed by atoms with Crippen LogP contribution in [0.3, 0.4) is 0 Å². The number of halogens is 1. The van der Waals surface area contributed by atoms with Crippen LogP contribution in [0.15, 0.2) is 60.0 Å². The van der Waals surface area contributed by atoms with Gasteiger partial charge in [0.2, 0.25) is 0 Å². The highest BCUT2D eigenvalue weighted by Crippen LogP contribution is 2.35. The minimum atomic E-state index is -0.535. The van der Waals surface area contributed by atoms with Gasteiger partial charge in [0.1, 0.15) is 11.9 Å². The first-order valence-corrected chi connectivity index (χ1v) is 9.86. The monoisotopic (exact) mass is 417 g/mol. The van der Waals surface area contributed by atoms with Crippen molar-refractivity contribution >= 4 is 34.7 Å². The molecule has 1 amide bonds. The number of carbonyl (C=O) groups excluding carboxylic acids is 1. The van der Waals surface area contributed by atoms with E-state index in [9.17, 15) is 4.79 Å². The van der Waals surface area contributed by atoms with E-state index in [1.165, 1.54) is 11.3 Å². The lowest BCUT2D eigenvalue weighted by Gasteiger charge is -2.15. The Morgan fingerprint density at radius 2 is 1.89 bits per heavy atom. The molecule has 1 aromatic heterocycles. The van der Waals surface area contributed by atoms with Gasteiger partial charge in [-0.25, -0.2) is 4.79 Å². The molecule has 0 fully saturated rings. The van der Waals surface area contributed by atoms with Crippen LogP contribution in [-0.2, 0) is 9.47 Å². The number of carbonyl (C=O) groups is 1. The second-order valence-electron chi connectivity index (χ2n) is 5.93. The molecule has 1 atom stereocenters. The molecule has 3 aromatic rings. The minimum Gasteiger partial charge on any atom is -0.468 e. The molecule has 5 nitrogen and oxygen atoms in total. The van der Waals surface area contributed by atoms with Crippen molar-refractivity contribution in [2.45, 2.75) is 13.0 Å². The Kier molecular flexibility index (Phi) is 6.92. The van der Waals surface area contributed by atoms with E-state index in [1.807, 2.05) is 53.9 Å². The highest BCUT2D eigenvalue weighted by Gasteiger charge is 2.16. The topological polar surface area (TPSA) is 56.8 Å². The molecule has 7 heteroatoms. The average Bonchev–Trinajstić information content (AvgIpc) is 3.15. The van der Waals surface area contributed by atoms with Gasteiger partial charge in [0.25, 0.3) is 0 Å². The van der Waals surface area contributed by atoms with Crippen LogP contribution in [0.2, 0.25) is 5.02 Å². The SMILES string of the molecule is COCOc1ccc(-c2sccc2NC(=O)O[C@H](C)c2ccccc2Cl)cc1. The molecule has 1 N–H and O–H groups in total. The van der Waals surface area contributed by atoms with Crippen LogP contribution in [0.5, 0.6) is 5.75 Å². The first-order chi connectivity index (χ1) is 13.6. The number of hydrogen-bond donors (Lipinski definition) is 1. The lowest BCUT2D eigenvalue weighted by Crippen LogP contribution is -2.16. The van der Waals surface area contributed by atoms with Crippen molar-refractivity contribution < 1.29 is 19.0 Å². The Morgan fingerprint density at radius 1 is 1.14 bits per heavy atom. The fourth-order valence-corrected chi connectivity index (χ4v) is 3.78. The Bertz CT molecular complexity index is 926. The van der Waals surface area contributed by atoms with Gasteiger partial charge < -0.3 is 14.2 Å². The van der Waals surface area contributed by atoms with E-state index < -0.39 is 12.2 Å². The molecule has 0 spiro atoms. The molecular weight excluding hydrogens is 398 g/mol. The molecule has 0 saturated heterocycles. The third-order valence-electron chi connectivity index (χ3n) is 3.99. The summed E-state index contributed by atoms with van der Waals surface area (Å²) in [6.07, 6.45) is -1.000. The highest BCUT2D eigenvalue weighted by atomic mass is 35.5. The Balaban J connectivity index is 1.66. The Hall–Kier alpha value is -2.54. The standard InChI is InChI=1S/C21H20ClNO4S/c1-14(17-5-3-4-6-18(17)22)27-21(24)23-19-11-12-28-20(19)15-7-9-16(10-8-15)26-13-25-2/h3-12,14H,13H2,1-2H3,(H,23,24)/t14-/m1/s1. The van der Waals surface area contributed by atoms with Crippen molar-refractivity contribution in [2.75, 3.05) is 19.2 Å². The lowest BCUT2D eigenvalue weighted by atomic mass is 10.1. The van der Waals surface area contributed by atoms with E-state index in [1.54, 1.807) is 20.1 Å². The summed E-state index contributed by atoms with van der Waals surface area (Å²) in [5.74, 6) is 0.713. The fraction of sp³-hybridized carbons (Fsp3) is 0.190. The van der Waals surface area contributed by atoms with Gasteiger partial charge in [-0.2, -0.15) is 0 Å². The van der Waals surface area contributed by atoms with Gasteiger partial charge in [-0.15, -0.1) is 11.3 Å². The molecule has 2 aromatic carbocycles. The van der Waals surface area contributed by atoms with Crippen molar-refractivity contribution in [2.24, 2.45) is 0 Å². The highest BCUT2D eigenvalue weighted by molar-refractivity contribution is 7.14. The summed E-state index contributed by atoms with van der Waals surface area (Å²) in [4.78, 5) is 13.3. The number of ether oxygens (including phenoxy) is 3. The number of amides is 1. The van der Waals surface area contributed by atoms with Crippen LogP contribution in [0.1, 0.15) is 18.6 Å². The van der Waals surface area contributed by atoms with Crippen LogP contribution >= 0.6 is 22.9 Å². The second kappa shape index (κ2) is 9.59. The summed E-state index contributed by atoms with van der Waals surface area (Å²) in [5, 5.41) is 5.29. The van der Waals surface area contributed by atoms with Gasteiger partial charge in [0.15, 0.2) is 6.79 Å². The molecule has 0 bridgehead atoms. The zero-order valence-electron chi connectivity index (χ0n) is 15.5. The van der Waals surface area contributed by atoms with E-state index in [-0.39, 0.29) is 6.79 Å². The lowest BCUT2D eigenvalue weighted by molar-refractivity contribution is 0.0511. The Labute approximate surface area is 172 Å². The summed E-state index contributed by atoms with van der Waals surface area (Å²) < 4.78 is 15.8. The number of benzene rings is 2. The number of methoxy groups -OCH3 is 1. The fourth-order valence-electron chi connectivity index (χ4n) is 2.63. The van der Waals surface area contributed by atoms with Crippen LogP contribution < -0.4 is 10.1 Å². The number of anilines is 1. The van der Waals surface area contributed by atoms with E-state index in [2.05, 4.69) is 5.32 Å². The van der Waals surface area contributed by atoms with Crippen LogP contribution in [0.4, 0.5) is 10.5 Å². The quantitative estimate of drug-likeness (QED) is 0.454. The van der Waals surface area contributed by atoms with E-state index >= 15 is 0 Å². The minimum absolute atomic E-state index is 0.195. The van der Waals surface area contributed by atoms with Gasteiger partial charge in [-0.1, -0.05) is 29.8 Å². The molecule has 28 heavy (non-hydrogen) atoms. The molecule has 0 radical (unpaired) electrons. The third-order valence-corrected chi connectivity index (χ3v) is 5.30. The van der Waals surface area contributed by atoms with Gasteiger partial charge in [0, 0.05) is 17.7 Å². The van der Waals surface area contributed by atoms with Crippen molar-refractivity contribution in [1.82, 2.24) is 0 Å². The summed E-state index contributed by atoms with van der Waals surface area (Å²) in [5.41, 5.74) is 2.41. The van der Waals surface area contributed by atoms with Crippen LogP contribution in [0, 0.1) is 0 Å². The summed E-state index contributed by atoms with van der Waals surface area (Å²) in [7, 11) is 1.57. The van der Waals surface area contributed by atoms with Crippen molar-refractivity contribution in [1.29, 1.82) is 0 Å². The molecule has 1 heterocycles. The largest absolute Gasteiger partial charge is 0.468 e. The normalized spacial score (nSPS) is 11.7. The van der Waals surface area contributed by atoms with Gasteiger partial charge in [-0.05, 0) is 54.3 Å². The van der Waals surface area contributed by atoms with E-state index in [4.69, 9.17) is 25.8 Å². The molecular formula is C21H20ClNO4S. The second-order valence-corrected chi connectivity index (χ2v) is 7.26. The van der Waals surface area contributed by atoms with Crippen molar-refractivity contribution in [3.05, 3.63) is 70.6 Å². The average molecular weight is 418 g/mol.